The van der Waals surface area contributed by atoms with Gasteiger partial charge in [0.2, 0.25) is 5.91 Å². The van der Waals surface area contributed by atoms with Crippen molar-refractivity contribution in [3.63, 3.8) is 0 Å². The number of hydrogen-bond donors (Lipinski definition) is 2. The largest absolute Gasteiger partial charge is 0.465 e. The Morgan fingerprint density at radius 3 is 1.74 bits per heavy atom. The van der Waals surface area contributed by atoms with Crippen molar-refractivity contribution in [2.75, 3.05) is 18.2 Å². The van der Waals surface area contributed by atoms with Crippen molar-refractivity contribution in [1.29, 1.82) is 0 Å². The highest BCUT2D eigenvalue weighted by molar-refractivity contribution is 14.1. The molecule has 4 N–H and O–H groups in total. The Hall–Kier alpha value is -1.97. The molecule has 0 bridgehead atoms. The van der Waals surface area contributed by atoms with Gasteiger partial charge in [-0.3, -0.25) is 9.59 Å². The van der Waals surface area contributed by atoms with Crippen LogP contribution in [0.3, 0.4) is 0 Å². The van der Waals surface area contributed by atoms with Crippen LogP contribution in [0.25, 0.3) is 0 Å². The third kappa shape index (κ3) is 12.1. The number of carbonyl (C=O) groups is 2. The highest BCUT2D eigenvalue weighted by Gasteiger charge is 2.04. The molecule has 27 heavy (non-hydrogen) atoms. The Kier molecular flexibility index (Phi) is 13.1. The molecule has 0 atom stereocenters. The molecule has 0 aromatic heterocycles. The minimum absolute atomic E-state index is 0.0200. The lowest BCUT2D eigenvalue weighted by molar-refractivity contribution is -0.141. The van der Waals surface area contributed by atoms with Gasteiger partial charge >= 0.3 is 5.97 Å². The van der Waals surface area contributed by atoms with Crippen molar-refractivity contribution in [2.24, 2.45) is 11.6 Å². The summed E-state index contributed by atoms with van der Waals surface area (Å²) in [7, 11) is 0. The highest BCUT2D eigenvalue weighted by atomic mass is 127. The first-order valence-corrected chi connectivity index (χ1v) is 9.49. The van der Waals surface area contributed by atoms with E-state index in [-0.39, 0.29) is 18.4 Å². The molecule has 0 fully saturated rings. The van der Waals surface area contributed by atoms with Crippen LogP contribution in [-0.2, 0) is 14.3 Å². The topological polar surface area (TPSA) is 98.6 Å². The molecule has 2 rings (SSSR count). The Morgan fingerprint density at radius 1 is 1.00 bits per heavy atom. The number of halogens is 1. The molecule has 0 aliphatic heterocycles. The van der Waals surface area contributed by atoms with Gasteiger partial charge in [0, 0.05) is 10.5 Å². The Labute approximate surface area is 175 Å². The van der Waals surface area contributed by atoms with Crippen molar-refractivity contribution in [3.8, 4) is 0 Å². The summed E-state index contributed by atoms with van der Waals surface area (Å²) in [5.74, 6) is 4.96. The number of carbonyl (C=O) groups excluding carboxylic acids is 2. The molecular weight excluding hydrogens is 457 g/mol. The first kappa shape index (κ1) is 25.0. The molecule has 0 heterocycles. The molecule has 0 saturated heterocycles. The van der Waals surface area contributed by atoms with Crippen LogP contribution in [0, 0.1) is 17.4 Å². The minimum Gasteiger partial charge on any atom is -0.465 e. The van der Waals surface area contributed by atoms with E-state index in [2.05, 4.69) is 58.5 Å². The summed E-state index contributed by atoms with van der Waals surface area (Å²) < 4.78 is 5.73. The molecular formula is C20H28IN3O3. The van der Waals surface area contributed by atoms with Crippen LogP contribution in [-0.4, -0.2) is 25.0 Å². The molecule has 0 unspecified atom stereocenters. The number of benzene rings is 2. The van der Waals surface area contributed by atoms with Gasteiger partial charge < -0.3 is 10.5 Å². The quantitative estimate of drug-likeness (QED) is 0.229. The number of hydrazine groups is 1. The Balaban J connectivity index is 0.000000395. The van der Waals surface area contributed by atoms with E-state index in [4.69, 9.17) is 11.6 Å². The van der Waals surface area contributed by atoms with Crippen molar-refractivity contribution >= 4 is 40.2 Å². The molecule has 6 nitrogen and oxygen atoms in total. The summed E-state index contributed by atoms with van der Waals surface area (Å²) in [5, 5.41) is 1.12. The molecule has 0 aliphatic carbocycles. The standard InChI is InChI=1S/C9H12N2O.C7H7I.C4H9NO2/c1-7-3-5-9(6-4-7)11(10)8(2)12;1-6-2-4-7(8)5-3-6;1-2-7-4(6)3-5/h3-6H,10H2,1-2H3;2-5H,1H3;2-3,5H2,1H3. The number of ether oxygens (including phenoxy) is 1. The summed E-state index contributed by atoms with van der Waals surface area (Å²) in [6.45, 7) is 7.64. The van der Waals surface area contributed by atoms with Gasteiger partial charge in [-0.1, -0.05) is 35.4 Å². The monoisotopic (exact) mass is 485 g/mol. The van der Waals surface area contributed by atoms with Gasteiger partial charge in [-0.05, 0) is 67.6 Å². The number of amides is 1. The zero-order chi connectivity index (χ0) is 20.8. The smallest absolute Gasteiger partial charge is 0.319 e. The van der Waals surface area contributed by atoms with Crippen LogP contribution in [0.1, 0.15) is 25.0 Å². The summed E-state index contributed by atoms with van der Waals surface area (Å²) in [6, 6.07) is 15.9. The zero-order valence-electron chi connectivity index (χ0n) is 16.2. The molecule has 1 amide bonds. The summed E-state index contributed by atoms with van der Waals surface area (Å²) in [4.78, 5) is 20.9. The average Bonchev–Trinajstić information content (AvgIpc) is 2.65. The lowest BCUT2D eigenvalue weighted by Gasteiger charge is -2.13. The van der Waals surface area contributed by atoms with Gasteiger partial charge in [0.05, 0.1) is 18.8 Å². The first-order chi connectivity index (χ1) is 12.7. The molecule has 0 radical (unpaired) electrons. The maximum absolute atomic E-state index is 10.8. The SMILES string of the molecule is CC(=O)N(N)c1ccc(C)cc1.CCOC(=O)CN.Cc1ccc(I)cc1. The van der Waals surface area contributed by atoms with Crippen molar-refractivity contribution in [1.82, 2.24) is 0 Å². The second kappa shape index (κ2) is 14.1. The van der Waals surface area contributed by atoms with Crippen LogP contribution in [0.4, 0.5) is 5.69 Å². The maximum Gasteiger partial charge on any atom is 0.319 e. The van der Waals surface area contributed by atoms with Gasteiger partial charge in [-0.15, -0.1) is 0 Å². The van der Waals surface area contributed by atoms with Gasteiger partial charge in [0.15, 0.2) is 0 Å². The Morgan fingerprint density at radius 2 is 1.44 bits per heavy atom. The molecule has 0 saturated carbocycles. The normalized spacial score (nSPS) is 9.15. The number of esters is 1. The van der Waals surface area contributed by atoms with Crippen LogP contribution in [0.15, 0.2) is 48.5 Å². The van der Waals surface area contributed by atoms with Crippen molar-refractivity contribution in [2.45, 2.75) is 27.7 Å². The van der Waals surface area contributed by atoms with Gasteiger partial charge in [-0.2, -0.15) is 0 Å². The molecule has 148 valence electrons. The van der Waals surface area contributed by atoms with Gasteiger partial charge in [0.1, 0.15) is 0 Å². The summed E-state index contributed by atoms with van der Waals surface area (Å²) >= 11 is 2.30. The number of anilines is 1. The predicted octanol–water partition coefficient (Wildman–Crippen LogP) is 3.33. The van der Waals surface area contributed by atoms with Crippen molar-refractivity contribution in [3.05, 3.63) is 63.2 Å². The van der Waals surface area contributed by atoms with E-state index < -0.39 is 0 Å². The summed E-state index contributed by atoms with van der Waals surface area (Å²) in [5.41, 5.74) is 8.07. The number of nitrogens with zero attached hydrogens (tertiary/aromatic N) is 1. The predicted molar refractivity (Wildman–Crippen MR) is 118 cm³/mol. The first-order valence-electron chi connectivity index (χ1n) is 8.41. The molecule has 7 heteroatoms. The molecule has 0 spiro atoms. The van der Waals surface area contributed by atoms with Crippen LogP contribution in [0.2, 0.25) is 0 Å². The van der Waals surface area contributed by atoms with E-state index in [1.807, 2.05) is 31.2 Å². The van der Waals surface area contributed by atoms with E-state index in [0.29, 0.717) is 12.3 Å². The number of rotatable bonds is 3. The lowest BCUT2D eigenvalue weighted by atomic mass is 10.2. The minimum atomic E-state index is -0.345. The Bertz CT molecular complexity index is 668. The fourth-order valence-corrected chi connectivity index (χ4v) is 2.00. The number of aryl methyl sites for hydroxylation is 2. The molecule has 2 aromatic carbocycles. The second-order valence-electron chi connectivity index (χ2n) is 5.53. The fraction of sp³-hybridized carbons (Fsp3) is 0.300. The van der Waals surface area contributed by atoms with Crippen LogP contribution >= 0.6 is 22.6 Å². The van der Waals surface area contributed by atoms with Crippen LogP contribution in [0.5, 0.6) is 0 Å². The summed E-state index contributed by atoms with van der Waals surface area (Å²) in [6.07, 6.45) is 0. The molecule has 2 aromatic rings. The lowest BCUT2D eigenvalue weighted by Crippen LogP contribution is -2.35. The van der Waals surface area contributed by atoms with Gasteiger partial charge in [-0.25, -0.2) is 10.9 Å². The van der Waals surface area contributed by atoms with Crippen molar-refractivity contribution < 1.29 is 14.3 Å². The third-order valence-electron chi connectivity index (χ3n) is 3.13. The zero-order valence-corrected chi connectivity index (χ0v) is 18.4. The van der Waals surface area contributed by atoms with E-state index in [9.17, 15) is 9.59 Å². The van der Waals surface area contributed by atoms with E-state index in [1.54, 1.807) is 6.92 Å². The average molecular weight is 485 g/mol. The van der Waals surface area contributed by atoms with Gasteiger partial charge in [0.25, 0.3) is 0 Å². The second-order valence-corrected chi connectivity index (χ2v) is 6.77. The molecule has 0 aliphatic rings. The number of hydrogen-bond acceptors (Lipinski definition) is 5. The number of nitrogens with two attached hydrogens (primary N) is 2. The third-order valence-corrected chi connectivity index (χ3v) is 3.85. The van der Waals surface area contributed by atoms with Crippen LogP contribution < -0.4 is 16.6 Å². The maximum atomic E-state index is 10.8. The highest BCUT2D eigenvalue weighted by Crippen LogP contribution is 2.11. The van der Waals surface area contributed by atoms with E-state index in [1.165, 1.54) is 16.1 Å². The fourth-order valence-electron chi connectivity index (χ4n) is 1.64. The van der Waals surface area contributed by atoms with E-state index >= 15 is 0 Å². The van der Waals surface area contributed by atoms with E-state index in [0.717, 1.165) is 10.6 Å².